The molecule has 104 valence electrons. The van der Waals surface area contributed by atoms with Crippen molar-refractivity contribution in [1.82, 2.24) is 10.0 Å². The Balaban J connectivity index is 2.53. The van der Waals surface area contributed by atoms with Crippen molar-refractivity contribution < 1.29 is 13.2 Å². The van der Waals surface area contributed by atoms with E-state index in [9.17, 15) is 8.42 Å². The van der Waals surface area contributed by atoms with Gasteiger partial charge in [-0.3, -0.25) is 0 Å². The molecule has 7 heteroatoms. The van der Waals surface area contributed by atoms with E-state index in [0.717, 1.165) is 17.8 Å². The third kappa shape index (κ3) is 5.03. The quantitative estimate of drug-likeness (QED) is 0.662. The number of ether oxygens (including phenoxy) is 1. The number of hydrogen-bond acceptors (Lipinski definition) is 5. The summed E-state index contributed by atoms with van der Waals surface area (Å²) >= 11 is 1.31. The summed E-state index contributed by atoms with van der Waals surface area (Å²) in [5.41, 5.74) is 0. The molecular formula is C11H20N2O3S2. The molecule has 1 rings (SSSR count). The van der Waals surface area contributed by atoms with Crippen LogP contribution in [-0.4, -0.2) is 41.8 Å². The molecule has 1 heterocycles. The molecule has 2 N–H and O–H groups in total. The number of rotatable bonds is 9. The van der Waals surface area contributed by atoms with E-state index in [1.54, 1.807) is 6.07 Å². The molecule has 0 amide bonds. The highest BCUT2D eigenvalue weighted by Gasteiger charge is 2.15. The summed E-state index contributed by atoms with van der Waals surface area (Å²) in [6, 6.07) is 3.51. The highest BCUT2D eigenvalue weighted by atomic mass is 32.2. The van der Waals surface area contributed by atoms with Crippen LogP contribution in [-0.2, 0) is 21.2 Å². The zero-order valence-corrected chi connectivity index (χ0v) is 12.4. The average Bonchev–Trinajstić information content (AvgIpc) is 2.81. The van der Waals surface area contributed by atoms with Crippen molar-refractivity contribution in [3.8, 4) is 0 Å². The Morgan fingerprint density at radius 3 is 2.78 bits per heavy atom. The van der Waals surface area contributed by atoms with Gasteiger partial charge < -0.3 is 10.1 Å². The minimum Gasteiger partial charge on any atom is -0.380 e. The van der Waals surface area contributed by atoms with Gasteiger partial charge in [0.15, 0.2) is 0 Å². The molecule has 18 heavy (non-hydrogen) atoms. The van der Waals surface area contributed by atoms with Gasteiger partial charge in [0.05, 0.1) is 6.61 Å². The van der Waals surface area contributed by atoms with Gasteiger partial charge in [0.25, 0.3) is 0 Å². The zero-order chi connectivity index (χ0) is 13.4. The Labute approximate surface area is 113 Å². The summed E-state index contributed by atoms with van der Waals surface area (Å²) in [5.74, 6) is 0. The minimum absolute atomic E-state index is 0.305. The van der Waals surface area contributed by atoms with E-state index in [1.807, 2.05) is 20.0 Å². The molecule has 0 aliphatic carbocycles. The van der Waals surface area contributed by atoms with Crippen LogP contribution in [0.25, 0.3) is 0 Å². The number of thiophene rings is 1. The monoisotopic (exact) mass is 292 g/mol. The fourth-order valence-electron chi connectivity index (χ4n) is 1.35. The van der Waals surface area contributed by atoms with E-state index in [0.29, 0.717) is 24.0 Å². The van der Waals surface area contributed by atoms with Crippen molar-refractivity contribution in [1.29, 1.82) is 0 Å². The fourth-order valence-corrected chi connectivity index (χ4v) is 3.76. The summed E-state index contributed by atoms with van der Waals surface area (Å²) < 4.78 is 31.8. The molecule has 0 spiro atoms. The molecule has 1 aromatic heterocycles. The molecule has 5 nitrogen and oxygen atoms in total. The van der Waals surface area contributed by atoms with Crippen molar-refractivity contribution in [2.45, 2.75) is 17.6 Å². The molecule has 0 saturated heterocycles. The van der Waals surface area contributed by atoms with Crippen LogP contribution in [0.5, 0.6) is 0 Å². The number of sulfonamides is 1. The predicted molar refractivity (Wildman–Crippen MR) is 73.6 cm³/mol. The first kappa shape index (κ1) is 15.6. The predicted octanol–water partition coefficient (Wildman–Crippen LogP) is 0.825. The van der Waals surface area contributed by atoms with Crippen LogP contribution >= 0.6 is 11.3 Å². The lowest BCUT2D eigenvalue weighted by atomic mass is 10.3. The third-order valence-corrected chi connectivity index (χ3v) is 5.36. The molecule has 0 fully saturated rings. The summed E-state index contributed by atoms with van der Waals surface area (Å²) in [5, 5.41) is 3.04. The van der Waals surface area contributed by atoms with Crippen LogP contribution in [0.4, 0.5) is 0 Å². The maximum absolute atomic E-state index is 11.9. The Bertz CT molecular complexity index is 443. The average molecular weight is 292 g/mol. The van der Waals surface area contributed by atoms with Crippen molar-refractivity contribution in [2.24, 2.45) is 0 Å². The van der Waals surface area contributed by atoms with Gasteiger partial charge in [-0.05, 0) is 39.1 Å². The Morgan fingerprint density at radius 2 is 2.11 bits per heavy atom. The number of nitrogens with one attached hydrogen (secondary N) is 2. The Kier molecular flexibility index (Phi) is 6.80. The van der Waals surface area contributed by atoms with Gasteiger partial charge in [0.1, 0.15) is 4.21 Å². The van der Waals surface area contributed by atoms with Crippen molar-refractivity contribution in [3.63, 3.8) is 0 Å². The van der Waals surface area contributed by atoms with Gasteiger partial charge in [-0.25, -0.2) is 13.1 Å². The van der Waals surface area contributed by atoms with Crippen LogP contribution in [0.3, 0.4) is 0 Å². The smallest absolute Gasteiger partial charge is 0.250 e. The molecular weight excluding hydrogens is 272 g/mol. The van der Waals surface area contributed by atoms with E-state index in [2.05, 4.69) is 10.0 Å². The third-order valence-electron chi connectivity index (χ3n) is 2.27. The summed E-state index contributed by atoms with van der Waals surface area (Å²) in [4.78, 5) is 1.06. The first-order chi connectivity index (χ1) is 8.60. The molecule has 0 bridgehead atoms. The van der Waals surface area contributed by atoms with Gasteiger partial charge >= 0.3 is 0 Å². The fraction of sp³-hybridized carbons (Fsp3) is 0.636. The molecule has 0 atom stereocenters. The Morgan fingerprint density at radius 1 is 1.33 bits per heavy atom. The second kappa shape index (κ2) is 7.85. The normalized spacial score (nSPS) is 11.9. The van der Waals surface area contributed by atoms with Crippen molar-refractivity contribution in [2.75, 3.05) is 33.4 Å². The SMILES string of the molecule is CCOCCNS(=O)(=O)c1ccc(CCNC)s1. The molecule has 0 saturated carbocycles. The Hall–Kier alpha value is -0.470. The number of likely N-dealkylation sites (N-methyl/N-ethyl adjacent to an activating group) is 1. The molecule has 0 radical (unpaired) electrons. The first-order valence-corrected chi connectivity index (χ1v) is 8.21. The van der Waals surface area contributed by atoms with Gasteiger partial charge in [0, 0.05) is 18.0 Å². The maximum atomic E-state index is 11.9. The van der Waals surface area contributed by atoms with Gasteiger partial charge in [-0.2, -0.15) is 0 Å². The summed E-state index contributed by atoms with van der Waals surface area (Å²) in [6.07, 6.45) is 0.843. The molecule has 0 aliphatic rings. The zero-order valence-electron chi connectivity index (χ0n) is 10.7. The second-order valence-electron chi connectivity index (χ2n) is 3.67. The first-order valence-electron chi connectivity index (χ1n) is 5.91. The highest BCUT2D eigenvalue weighted by molar-refractivity contribution is 7.91. The van der Waals surface area contributed by atoms with Crippen LogP contribution in [0.15, 0.2) is 16.3 Å². The standard InChI is InChI=1S/C11H20N2O3S2/c1-3-16-9-8-13-18(14,15)11-5-4-10(17-11)6-7-12-2/h4-5,12-13H,3,6-9H2,1-2H3. The molecule has 0 aromatic carbocycles. The lowest BCUT2D eigenvalue weighted by Gasteiger charge is -2.04. The van der Waals surface area contributed by atoms with Crippen LogP contribution in [0.2, 0.25) is 0 Å². The maximum Gasteiger partial charge on any atom is 0.250 e. The van der Waals surface area contributed by atoms with Gasteiger partial charge in [-0.1, -0.05) is 0 Å². The highest BCUT2D eigenvalue weighted by Crippen LogP contribution is 2.21. The number of hydrogen-bond donors (Lipinski definition) is 2. The van der Waals surface area contributed by atoms with E-state index >= 15 is 0 Å². The van der Waals surface area contributed by atoms with E-state index in [-0.39, 0.29) is 0 Å². The van der Waals surface area contributed by atoms with E-state index in [4.69, 9.17) is 4.74 Å². The molecule has 0 unspecified atom stereocenters. The van der Waals surface area contributed by atoms with Crippen LogP contribution in [0, 0.1) is 0 Å². The van der Waals surface area contributed by atoms with E-state index < -0.39 is 10.0 Å². The molecule has 1 aromatic rings. The minimum atomic E-state index is -3.38. The van der Waals surface area contributed by atoms with Gasteiger partial charge in [0.2, 0.25) is 10.0 Å². The molecule has 0 aliphatic heterocycles. The van der Waals surface area contributed by atoms with Gasteiger partial charge in [-0.15, -0.1) is 11.3 Å². The lowest BCUT2D eigenvalue weighted by Crippen LogP contribution is -2.26. The summed E-state index contributed by atoms with van der Waals surface area (Å²) in [7, 11) is -1.50. The van der Waals surface area contributed by atoms with Crippen molar-refractivity contribution >= 4 is 21.4 Å². The van der Waals surface area contributed by atoms with Crippen LogP contribution in [0.1, 0.15) is 11.8 Å². The lowest BCUT2D eigenvalue weighted by molar-refractivity contribution is 0.153. The second-order valence-corrected chi connectivity index (χ2v) is 6.83. The van der Waals surface area contributed by atoms with Crippen molar-refractivity contribution in [3.05, 3.63) is 17.0 Å². The van der Waals surface area contributed by atoms with E-state index in [1.165, 1.54) is 11.3 Å². The largest absolute Gasteiger partial charge is 0.380 e. The summed E-state index contributed by atoms with van der Waals surface area (Å²) in [6.45, 7) is 4.02. The van der Waals surface area contributed by atoms with Crippen LogP contribution < -0.4 is 10.0 Å². The topological polar surface area (TPSA) is 67.4 Å².